The summed E-state index contributed by atoms with van der Waals surface area (Å²) >= 11 is 3.22. The van der Waals surface area contributed by atoms with E-state index in [0.717, 1.165) is 0 Å². The first kappa shape index (κ1) is 37.8. The van der Waals surface area contributed by atoms with E-state index in [2.05, 4.69) is 132 Å². The molecule has 200 valence electrons. The van der Waals surface area contributed by atoms with Crippen LogP contribution < -0.4 is 10.6 Å². The summed E-state index contributed by atoms with van der Waals surface area (Å²) in [6.07, 6.45) is 0. The topological polar surface area (TPSA) is 0 Å². The van der Waals surface area contributed by atoms with Gasteiger partial charge in [-0.2, -0.15) is 71.8 Å². The fourth-order valence-corrected chi connectivity index (χ4v) is 3.93. The molecule has 4 aromatic rings. The zero-order valence-electron chi connectivity index (χ0n) is 21.7. The fraction of sp³-hybridized carbons (Fsp3) is 0.200. The van der Waals surface area contributed by atoms with Crippen molar-refractivity contribution in [2.45, 2.75) is 13.8 Å². The van der Waals surface area contributed by atoms with Gasteiger partial charge in [-0.1, -0.05) is 90.4 Å². The van der Waals surface area contributed by atoms with Crippen molar-refractivity contribution in [3.63, 3.8) is 0 Å². The summed E-state index contributed by atoms with van der Waals surface area (Å²) in [4.78, 5) is 0. The second-order valence-corrected chi connectivity index (χ2v) is 12.2. The average Bonchev–Trinajstić information content (AvgIpc) is 2.94. The summed E-state index contributed by atoms with van der Waals surface area (Å²) in [5.74, 6) is 0. The number of halogens is 2. The molecule has 0 aliphatic carbocycles. The zero-order chi connectivity index (χ0) is 27.6. The van der Waals surface area contributed by atoms with Gasteiger partial charge in [-0.3, -0.25) is 0 Å². The van der Waals surface area contributed by atoms with Crippen molar-refractivity contribution < 1.29 is 37.5 Å². The Labute approximate surface area is 253 Å². The molecule has 0 saturated carbocycles. The van der Waals surface area contributed by atoms with Crippen LogP contribution >= 0.6 is 34.7 Å². The van der Waals surface area contributed by atoms with Crippen LogP contribution in [0, 0.1) is 26.0 Å². The van der Waals surface area contributed by atoms with Crippen LogP contribution in [0.2, 0.25) is 0 Å². The molecule has 0 heterocycles. The van der Waals surface area contributed by atoms with Crippen LogP contribution in [-0.4, -0.2) is 26.7 Å². The molecule has 0 aliphatic rings. The average molecular weight is 920 g/mol. The number of benzene rings is 4. The van der Waals surface area contributed by atoms with E-state index in [4.69, 9.17) is 0 Å². The third-order valence-corrected chi connectivity index (χ3v) is 6.98. The van der Waals surface area contributed by atoms with E-state index in [1.807, 2.05) is 48.5 Å². The van der Waals surface area contributed by atoms with Crippen molar-refractivity contribution in [3.05, 3.63) is 132 Å². The van der Waals surface area contributed by atoms with Crippen LogP contribution in [0.25, 0.3) is 0 Å². The molecule has 0 radical (unpaired) electrons. The zero-order valence-corrected chi connectivity index (χ0v) is 29.5. The molecular formula is C30H36Cl2P2Pt2. The molecule has 0 unspecified atom stereocenters. The Morgan fingerprint density at radius 2 is 0.722 bits per heavy atom. The molecule has 0 saturated heterocycles. The van der Waals surface area contributed by atoms with Gasteiger partial charge in [0.15, 0.2) is 0 Å². The van der Waals surface area contributed by atoms with Crippen molar-refractivity contribution in [2.75, 3.05) is 26.7 Å². The van der Waals surface area contributed by atoms with Crippen molar-refractivity contribution in [1.82, 2.24) is 0 Å². The van der Waals surface area contributed by atoms with E-state index in [1.54, 1.807) is 37.5 Å². The van der Waals surface area contributed by atoms with Crippen LogP contribution in [0.15, 0.2) is 109 Å². The summed E-state index contributed by atoms with van der Waals surface area (Å²) in [5.41, 5.74) is 2.58. The minimum absolute atomic E-state index is 0.104. The standard InChI is InChI=1S/2C8H11P.2C7H7.2ClH.2Pt/c2*1-9(2)8-6-4-3-5-7-8;2*1-7-5-3-2-4-6-7;;;;/h2*3-7H,1-2H3;2*3-6H,1H3;2*1H;;/q;;2*-1;;;2*+2/p-2. The molecule has 0 N–H and O–H groups in total. The first-order valence-corrected chi connectivity index (χ1v) is 21.0. The Kier molecular flexibility index (Phi) is 29.1. The Morgan fingerprint density at radius 1 is 0.472 bits per heavy atom. The molecule has 0 bridgehead atoms. The summed E-state index contributed by atoms with van der Waals surface area (Å²) in [6.45, 7) is 13.2. The summed E-state index contributed by atoms with van der Waals surface area (Å²) in [7, 11) is 9.43. The predicted molar refractivity (Wildman–Crippen MR) is 161 cm³/mol. The Balaban J connectivity index is 0. The van der Waals surface area contributed by atoms with Crippen LogP contribution in [0.3, 0.4) is 0 Å². The van der Waals surface area contributed by atoms with E-state index in [1.165, 1.54) is 21.7 Å². The maximum absolute atomic E-state index is 4.61. The molecule has 0 amide bonds. The Bertz CT molecular complexity index is 861. The van der Waals surface area contributed by atoms with Crippen LogP contribution in [0.1, 0.15) is 11.1 Å². The molecule has 36 heavy (non-hydrogen) atoms. The second kappa shape index (κ2) is 27.7. The summed E-state index contributed by atoms with van der Waals surface area (Å²) in [6, 6.07) is 42.9. The van der Waals surface area contributed by atoms with Gasteiger partial charge in [0, 0.05) is 0 Å². The molecular weight excluding hydrogens is 883 g/mol. The first-order valence-electron chi connectivity index (χ1n) is 10.9. The van der Waals surface area contributed by atoms with Crippen LogP contribution in [-0.2, 0) is 37.5 Å². The van der Waals surface area contributed by atoms with E-state index < -0.39 is 0 Å². The molecule has 0 atom stereocenters. The number of hydrogen-bond acceptors (Lipinski definition) is 0. The second-order valence-electron chi connectivity index (χ2n) is 7.61. The molecule has 0 spiro atoms. The first-order chi connectivity index (χ1) is 17.4. The van der Waals surface area contributed by atoms with Gasteiger partial charge >= 0.3 is 56.4 Å². The minimum atomic E-state index is 0.104. The van der Waals surface area contributed by atoms with E-state index in [-0.39, 0.29) is 15.8 Å². The monoisotopic (exact) mass is 918 g/mol. The van der Waals surface area contributed by atoms with E-state index in [9.17, 15) is 0 Å². The number of rotatable bonds is 2. The Morgan fingerprint density at radius 3 is 0.861 bits per heavy atom. The molecule has 4 aromatic carbocycles. The molecule has 0 aromatic heterocycles. The van der Waals surface area contributed by atoms with Crippen LogP contribution in [0.5, 0.6) is 0 Å². The predicted octanol–water partition coefficient (Wildman–Crippen LogP) is 9.07. The SMILES string of the molecule is CP(C)c1ccccc1.CP(C)c1ccccc1.Cc1cc[c-]cc1.Cc1cc[c-]cc1.[Cl][Pt+].[Cl][Pt+]. The van der Waals surface area contributed by atoms with Crippen molar-refractivity contribution >= 4 is 45.3 Å². The molecule has 0 nitrogen and oxygen atoms in total. The van der Waals surface area contributed by atoms with E-state index in [0.29, 0.717) is 0 Å². The van der Waals surface area contributed by atoms with Gasteiger partial charge in [-0.15, -0.1) is 0 Å². The summed E-state index contributed by atoms with van der Waals surface area (Å²) in [5, 5.41) is 2.96. The maximum atomic E-state index is 4.61. The third kappa shape index (κ3) is 22.9. The Hall–Kier alpha value is -0.303. The van der Waals surface area contributed by atoms with Gasteiger partial charge in [0.2, 0.25) is 0 Å². The van der Waals surface area contributed by atoms with Gasteiger partial charge < -0.3 is 0 Å². The third-order valence-electron chi connectivity index (χ3n) is 4.31. The number of hydrogen-bond donors (Lipinski definition) is 0. The van der Waals surface area contributed by atoms with Gasteiger partial charge in [-0.05, 0) is 37.3 Å². The van der Waals surface area contributed by atoms with Crippen molar-refractivity contribution in [1.29, 1.82) is 0 Å². The van der Waals surface area contributed by atoms with Gasteiger partial charge in [0.25, 0.3) is 0 Å². The number of aryl methyl sites for hydroxylation is 2. The van der Waals surface area contributed by atoms with Gasteiger partial charge in [-0.25, -0.2) is 0 Å². The molecule has 4 rings (SSSR count). The van der Waals surface area contributed by atoms with Crippen molar-refractivity contribution in [2.24, 2.45) is 0 Å². The van der Waals surface area contributed by atoms with Gasteiger partial charge in [0.1, 0.15) is 0 Å². The fourth-order valence-electron chi connectivity index (χ4n) is 2.39. The van der Waals surface area contributed by atoms with E-state index >= 15 is 0 Å². The quantitative estimate of drug-likeness (QED) is 0.139. The van der Waals surface area contributed by atoms with Crippen LogP contribution in [0.4, 0.5) is 0 Å². The molecule has 0 aliphatic heterocycles. The summed E-state index contributed by atoms with van der Waals surface area (Å²) < 4.78 is 0. The molecule has 6 heteroatoms. The normalized spacial score (nSPS) is 8.83. The van der Waals surface area contributed by atoms with Crippen molar-refractivity contribution in [3.8, 4) is 0 Å². The van der Waals surface area contributed by atoms with Gasteiger partial charge in [0.05, 0.1) is 0 Å². The molecule has 0 fully saturated rings.